The molecule has 3 aromatic rings. The van der Waals surface area contributed by atoms with Crippen molar-refractivity contribution in [1.82, 2.24) is 14.8 Å². The van der Waals surface area contributed by atoms with Gasteiger partial charge in [0.25, 0.3) is 5.91 Å². The van der Waals surface area contributed by atoms with Crippen molar-refractivity contribution in [2.75, 3.05) is 19.7 Å². The van der Waals surface area contributed by atoms with Crippen molar-refractivity contribution in [3.05, 3.63) is 71.7 Å². The summed E-state index contributed by atoms with van der Waals surface area (Å²) < 4.78 is 21.4. The van der Waals surface area contributed by atoms with Crippen molar-refractivity contribution in [3.63, 3.8) is 0 Å². The minimum Gasteiger partial charge on any atom is -0.371 e. The van der Waals surface area contributed by atoms with Gasteiger partial charge in [-0.15, -0.1) is 0 Å². The van der Waals surface area contributed by atoms with Crippen molar-refractivity contribution in [2.24, 2.45) is 7.05 Å². The number of morpholine rings is 1. The summed E-state index contributed by atoms with van der Waals surface area (Å²) in [6, 6.07) is 17.0. The van der Waals surface area contributed by atoms with Crippen molar-refractivity contribution in [3.8, 4) is 0 Å². The number of halogens is 1. The van der Waals surface area contributed by atoms with Crippen LogP contribution in [0.5, 0.6) is 0 Å². The van der Waals surface area contributed by atoms with Crippen LogP contribution in [0.3, 0.4) is 0 Å². The maximum atomic E-state index is 13.5. The molecule has 3 heterocycles. The second-order valence-electron chi connectivity index (χ2n) is 8.04. The third-order valence-electron chi connectivity index (χ3n) is 6.16. The van der Waals surface area contributed by atoms with Crippen molar-refractivity contribution in [1.29, 1.82) is 0 Å². The number of benzene rings is 2. The summed E-state index contributed by atoms with van der Waals surface area (Å²) >= 11 is 0. The highest BCUT2D eigenvalue weighted by Crippen LogP contribution is 2.30. The van der Waals surface area contributed by atoms with E-state index >= 15 is 0 Å². The van der Waals surface area contributed by atoms with E-state index in [1.807, 2.05) is 29.8 Å². The average molecular weight is 393 g/mol. The van der Waals surface area contributed by atoms with Crippen LogP contribution in [0.15, 0.2) is 54.6 Å². The summed E-state index contributed by atoms with van der Waals surface area (Å²) in [5.41, 5.74) is 2.59. The minimum atomic E-state index is -0.296. The molecule has 2 aliphatic rings. The fraction of sp³-hybridized carbons (Fsp3) is 0.348. The van der Waals surface area contributed by atoms with Crippen LogP contribution in [0.4, 0.5) is 4.39 Å². The highest BCUT2D eigenvalue weighted by molar-refractivity contribution is 5.98. The summed E-state index contributed by atoms with van der Waals surface area (Å²) in [7, 11) is 1.84. The zero-order chi connectivity index (χ0) is 20.0. The van der Waals surface area contributed by atoms with Gasteiger partial charge in [-0.25, -0.2) is 4.39 Å². The van der Waals surface area contributed by atoms with Crippen molar-refractivity contribution >= 4 is 16.8 Å². The Balaban J connectivity index is 1.27. The molecule has 2 saturated heterocycles. The number of nitrogens with one attached hydrogen (secondary N) is 1. The number of ether oxygens (including phenoxy) is 1. The number of nitrogens with zero attached hydrogens (tertiary/aromatic N) is 2. The van der Waals surface area contributed by atoms with Gasteiger partial charge in [0.15, 0.2) is 0 Å². The Kier molecular flexibility index (Phi) is 4.60. The summed E-state index contributed by atoms with van der Waals surface area (Å²) in [5, 5.41) is 3.91. The Morgan fingerprint density at radius 2 is 1.97 bits per heavy atom. The molecule has 5 nitrogen and oxygen atoms in total. The molecule has 3 atom stereocenters. The predicted octanol–water partition coefficient (Wildman–Crippen LogP) is 3.26. The maximum Gasteiger partial charge on any atom is 0.268 e. The number of hydrogen-bond donors (Lipinski definition) is 1. The Morgan fingerprint density at radius 3 is 2.79 bits per heavy atom. The Morgan fingerprint density at radius 1 is 1.14 bits per heavy atom. The molecule has 29 heavy (non-hydrogen) atoms. The molecular formula is C23H24FN3O2. The number of carbonyl (C=O) groups excluding carboxylic acids is 1. The fourth-order valence-corrected chi connectivity index (χ4v) is 4.65. The summed E-state index contributed by atoms with van der Waals surface area (Å²) in [6.07, 6.45) is 0.959. The molecule has 0 radical (unpaired) electrons. The van der Waals surface area contributed by atoms with Crippen LogP contribution in [-0.4, -0.2) is 47.2 Å². The molecule has 0 saturated carbocycles. The van der Waals surface area contributed by atoms with Crippen LogP contribution in [0.1, 0.15) is 28.6 Å². The maximum absolute atomic E-state index is 13.5. The van der Waals surface area contributed by atoms with Gasteiger partial charge in [-0.2, -0.15) is 0 Å². The smallest absolute Gasteiger partial charge is 0.268 e. The molecule has 1 amide bonds. The number of fused-ring (bicyclic) bond motifs is 2. The third-order valence-corrected chi connectivity index (χ3v) is 6.16. The fourth-order valence-electron chi connectivity index (χ4n) is 4.65. The Labute approximate surface area is 169 Å². The Bertz CT molecular complexity index is 1050. The molecule has 150 valence electrons. The summed E-state index contributed by atoms with van der Waals surface area (Å²) in [6.45, 7) is 2.34. The number of hydrogen-bond acceptors (Lipinski definition) is 3. The van der Waals surface area contributed by atoms with E-state index in [4.69, 9.17) is 4.74 Å². The van der Waals surface area contributed by atoms with Gasteiger partial charge in [-0.1, -0.05) is 30.3 Å². The van der Waals surface area contributed by atoms with E-state index in [-0.39, 0.29) is 23.9 Å². The lowest BCUT2D eigenvalue weighted by atomic mass is 10.1. The van der Waals surface area contributed by atoms with Gasteiger partial charge in [-0.3, -0.25) is 9.69 Å². The highest BCUT2D eigenvalue weighted by Gasteiger charge is 2.38. The van der Waals surface area contributed by atoms with Crippen molar-refractivity contribution < 1.29 is 13.9 Å². The molecule has 2 fully saturated rings. The molecule has 5 rings (SSSR count). The zero-order valence-electron chi connectivity index (χ0n) is 16.3. The van der Waals surface area contributed by atoms with Gasteiger partial charge in [0, 0.05) is 43.1 Å². The van der Waals surface area contributed by atoms with Crippen LogP contribution in [0.2, 0.25) is 0 Å². The van der Waals surface area contributed by atoms with Gasteiger partial charge in [0.1, 0.15) is 11.5 Å². The molecule has 0 bridgehead atoms. The number of carbonyl (C=O) groups is 1. The van der Waals surface area contributed by atoms with Gasteiger partial charge in [0.2, 0.25) is 0 Å². The topological polar surface area (TPSA) is 46.5 Å². The quantitative estimate of drug-likeness (QED) is 0.743. The van der Waals surface area contributed by atoms with Crippen LogP contribution in [0, 0.1) is 5.82 Å². The molecule has 0 spiro atoms. The second-order valence-corrected chi connectivity index (χ2v) is 8.04. The molecule has 6 heteroatoms. The van der Waals surface area contributed by atoms with Crippen molar-refractivity contribution in [2.45, 2.75) is 24.6 Å². The molecule has 0 aliphatic carbocycles. The first-order chi connectivity index (χ1) is 14.1. The lowest BCUT2D eigenvalue weighted by molar-refractivity contribution is -0.0502. The molecular weight excluding hydrogens is 369 g/mol. The lowest BCUT2D eigenvalue weighted by Gasteiger charge is -2.35. The van der Waals surface area contributed by atoms with Crippen LogP contribution >= 0.6 is 0 Å². The van der Waals surface area contributed by atoms with Crippen LogP contribution in [0.25, 0.3) is 10.9 Å². The van der Waals surface area contributed by atoms with E-state index in [0.29, 0.717) is 18.3 Å². The van der Waals surface area contributed by atoms with Gasteiger partial charge in [0.05, 0.1) is 12.7 Å². The molecule has 0 unspecified atom stereocenters. The molecule has 1 aromatic heterocycles. The first-order valence-electron chi connectivity index (χ1n) is 10.0. The largest absolute Gasteiger partial charge is 0.371 e. The standard InChI is InChI=1S/C23H24FN3O2/c1-26-20-8-7-17(24)9-16(20)10-21(26)23(28)25-18-11-19-14-29-22(13-27(19)12-18)15-5-3-2-4-6-15/h2-10,18-19,22H,11-14H2,1H3,(H,25,28)/t18-,19+,22-/m1/s1. The average Bonchev–Trinajstić information content (AvgIpc) is 3.28. The Hall–Kier alpha value is -2.70. The van der Waals surface area contributed by atoms with Gasteiger partial charge >= 0.3 is 0 Å². The van der Waals surface area contributed by atoms with E-state index < -0.39 is 0 Å². The summed E-state index contributed by atoms with van der Waals surface area (Å²) in [5.74, 6) is -0.412. The van der Waals surface area contributed by atoms with Crippen LogP contribution < -0.4 is 5.32 Å². The van der Waals surface area contributed by atoms with Gasteiger partial charge < -0.3 is 14.6 Å². The second kappa shape index (κ2) is 7.28. The highest BCUT2D eigenvalue weighted by atomic mass is 19.1. The lowest BCUT2D eigenvalue weighted by Crippen LogP contribution is -2.43. The number of amides is 1. The minimum absolute atomic E-state index is 0.0787. The third kappa shape index (κ3) is 3.43. The number of aryl methyl sites for hydroxylation is 1. The SMILES string of the molecule is Cn1c(C(=O)N[C@@H]2C[C@H]3CO[C@@H](c4ccccc4)CN3C2)cc2cc(F)ccc21. The van der Waals surface area contributed by atoms with E-state index in [1.54, 1.807) is 12.1 Å². The number of aromatic nitrogens is 1. The van der Waals surface area contributed by atoms with E-state index in [2.05, 4.69) is 22.3 Å². The van der Waals surface area contributed by atoms with Gasteiger partial charge in [-0.05, 0) is 36.2 Å². The zero-order valence-corrected chi connectivity index (χ0v) is 16.3. The first kappa shape index (κ1) is 18.3. The van der Waals surface area contributed by atoms with E-state index in [9.17, 15) is 9.18 Å². The molecule has 2 aromatic carbocycles. The van der Waals surface area contributed by atoms with E-state index in [1.165, 1.54) is 17.7 Å². The monoisotopic (exact) mass is 393 g/mol. The molecule has 2 aliphatic heterocycles. The normalized spacial score (nSPS) is 24.6. The first-order valence-corrected chi connectivity index (χ1v) is 10.0. The number of rotatable bonds is 3. The molecule has 1 N–H and O–H groups in total. The predicted molar refractivity (Wildman–Crippen MR) is 109 cm³/mol. The van der Waals surface area contributed by atoms with Crippen LogP contribution in [-0.2, 0) is 11.8 Å². The van der Waals surface area contributed by atoms with E-state index in [0.717, 1.165) is 30.4 Å². The summed E-state index contributed by atoms with van der Waals surface area (Å²) in [4.78, 5) is 15.3.